The molecule has 2 aromatic rings. The van der Waals surface area contributed by atoms with E-state index in [-0.39, 0.29) is 23.7 Å². The molecule has 3 rings (SSSR count). The fraction of sp³-hybridized carbons (Fsp3) is 0.391. The van der Waals surface area contributed by atoms with E-state index in [0.29, 0.717) is 18.0 Å². The van der Waals surface area contributed by atoms with Crippen LogP contribution in [0.15, 0.2) is 54.6 Å². The zero-order valence-corrected chi connectivity index (χ0v) is 16.3. The molecule has 0 atom stereocenters. The molecule has 5 nitrogen and oxygen atoms in total. The Labute approximate surface area is 166 Å². The second-order valence-electron chi connectivity index (χ2n) is 7.26. The van der Waals surface area contributed by atoms with E-state index in [1.807, 2.05) is 42.5 Å². The van der Waals surface area contributed by atoms with Crippen molar-refractivity contribution in [2.24, 2.45) is 11.8 Å². The monoisotopic (exact) mass is 380 g/mol. The number of anilines is 1. The van der Waals surface area contributed by atoms with Crippen molar-refractivity contribution >= 4 is 17.5 Å². The van der Waals surface area contributed by atoms with Crippen LogP contribution in [0.4, 0.5) is 5.69 Å². The van der Waals surface area contributed by atoms with Crippen LogP contribution in [-0.2, 0) is 16.0 Å². The number of para-hydroxylation sites is 2. The van der Waals surface area contributed by atoms with E-state index in [4.69, 9.17) is 4.74 Å². The van der Waals surface area contributed by atoms with E-state index in [2.05, 4.69) is 22.8 Å². The van der Waals surface area contributed by atoms with Crippen LogP contribution >= 0.6 is 0 Å². The first-order valence-corrected chi connectivity index (χ1v) is 9.93. The highest BCUT2D eigenvalue weighted by Crippen LogP contribution is 2.31. The van der Waals surface area contributed by atoms with Crippen LogP contribution in [0.5, 0.6) is 5.75 Å². The van der Waals surface area contributed by atoms with Crippen LogP contribution in [0.1, 0.15) is 31.2 Å². The van der Waals surface area contributed by atoms with E-state index >= 15 is 0 Å². The Kier molecular flexibility index (Phi) is 7.06. The van der Waals surface area contributed by atoms with Gasteiger partial charge in [0, 0.05) is 18.4 Å². The number of hydrogen-bond donors (Lipinski definition) is 2. The van der Waals surface area contributed by atoms with Gasteiger partial charge in [-0.2, -0.15) is 0 Å². The smallest absolute Gasteiger partial charge is 0.227 e. The Morgan fingerprint density at radius 2 is 1.50 bits per heavy atom. The molecule has 0 unspecified atom stereocenters. The molecule has 0 spiro atoms. The molecule has 0 heterocycles. The van der Waals surface area contributed by atoms with Gasteiger partial charge in [-0.1, -0.05) is 42.5 Å². The topological polar surface area (TPSA) is 67.4 Å². The van der Waals surface area contributed by atoms with Crippen LogP contribution < -0.4 is 15.4 Å². The summed E-state index contributed by atoms with van der Waals surface area (Å²) in [4.78, 5) is 25.0. The summed E-state index contributed by atoms with van der Waals surface area (Å²) >= 11 is 0. The van der Waals surface area contributed by atoms with Crippen molar-refractivity contribution in [2.45, 2.75) is 32.1 Å². The Balaban J connectivity index is 1.42. The number of amides is 2. The van der Waals surface area contributed by atoms with Crippen LogP contribution in [0.3, 0.4) is 0 Å². The van der Waals surface area contributed by atoms with E-state index < -0.39 is 0 Å². The summed E-state index contributed by atoms with van der Waals surface area (Å²) in [6.45, 7) is 0.650. The van der Waals surface area contributed by atoms with Gasteiger partial charge in [0.25, 0.3) is 0 Å². The summed E-state index contributed by atoms with van der Waals surface area (Å²) in [6.07, 6.45) is 3.81. The van der Waals surface area contributed by atoms with Crippen molar-refractivity contribution in [1.82, 2.24) is 5.32 Å². The number of benzene rings is 2. The van der Waals surface area contributed by atoms with Gasteiger partial charge in [0.05, 0.1) is 12.8 Å². The molecular weight excluding hydrogens is 352 g/mol. The van der Waals surface area contributed by atoms with E-state index in [9.17, 15) is 9.59 Å². The summed E-state index contributed by atoms with van der Waals surface area (Å²) in [5.41, 5.74) is 1.91. The van der Waals surface area contributed by atoms with Gasteiger partial charge in [-0.3, -0.25) is 9.59 Å². The molecule has 2 aromatic carbocycles. The maximum atomic E-state index is 12.6. The van der Waals surface area contributed by atoms with Gasteiger partial charge in [-0.15, -0.1) is 0 Å². The molecule has 1 aliphatic carbocycles. The average molecular weight is 380 g/mol. The molecule has 0 aliphatic heterocycles. The lowest BCUT2D eigenvalue weighted by molar-refractivity contribution is -0.128. The Bertz CT molecular complexity index is 783. The molecule has 0 radical (unpaired) electrons. The number of rotatable bonds is 7. The number of ether oxygens (including phenoxy) is 1. The normalized spacial score (nSPS) is 18.9. The van der Waals surface area contributed by atoms with Crippen LogP contribution in [-0.4, -0.2) is 25.5 Å². The number of methoxy groups -OCH3 is 1. The average Bonchev–Trinajstić information content (AvgIpc) is 2.75. The molecule has 148 valence electrons. The van der Waals surface area contributed by atoms with E-state index in [0.717, 1.165) is 32.1 Å². The maximum absolute atomic E-state index is 12.6. The third kappa shape index (κ3) is 5.35. The maximum Gasteiger partial charge on any atom is 0.227 e. The number of carbonyl (C=O) groups excluding carboxylic acids is 2. The van der Waals surface area contributed by atoms with Gasteiger partial charge < -0.3 is 15.4 Å². The molecular formula is C23H28N2O3. The summed E-state index contributed by atoms with van der Waals surface area (Å²) in [6, 6.07) is 17.5. The number of carbonyl (C=O) groups is 2. The molecule has 0 bridgehead atoms. The van der Waals surface area contributed by atoms with Crippen LogP contribution in [0, 0.1) is 11.8 Å². The molecule has 1 fully saturated rings. The lowest BCUT2D eigenvalue weighted by Crippen LogP contribution is -2.36. The summed E-state index contributed by atoms with van der Waals surface area (Å²) < 4.78 is 5.28. The SMILES string of the molecule is COc1ccccc1NC(=O)C1CCC(C(=O)NCCc2ccccc2)CC1. The molecule has 2 amide bonds. The quantitative estimate of drug-likeness (QED) is 0.768. The predicted octanol–water partition coefficient (Wildman–Crippen LogP) is 3.80. The standard InChI is InChI=1S/C23H28N2O3/c1-28-21-10-6-5-9-20(21)25-23(27)19-13-11-18(12-14-19)22(26)24-16-15-17-7-3-2-4-8-17/h2-10,18-19H,11-16H2,1H3,(H,24,26)(H,25,27). The first kappa shape index (κ1) is 19.9. The Morgan fingerprint density at radius 3 is 2.18 bits per heavy atom. The highest BCUT2D eigenvalue weighted by atomic mass is 16.5. The molecule has 0 saturated heterocycles. The first-order valence-electron chi connectivity index (χ1n) is 9.93. The number of hydrogen-bond acceptors (Lipinski definition) is 3. The van der Waals surface area contributed by atoms with Crippen molar-refractivity contribution < 1.29 is 14.3 Å². The van der Waals surface area contributed by atoms with E-state index in [1.165, 1.54) is 5.56 Å². The van der Waals surface area contributed by atoms with Crippen molar-refractivity contribution in [3.05, 3.63) is 60.2 Å². The molecule has 5 heteroatoms. The second-order valence-corrected chi connectivity index (χ2v) is 7.26. The molecule has 1 saturated carbocycles. The van der Waals surface area contributed by atoms with Gasteiger partial charge in [0.2, 0.25) is 11.8 Å². The zero-order chi connectivity index (χ0) is 19.8. The minimum absolute atomic E-state index is 0.00563. The zero-order valence-electron chi connectivity index (χ0n) is 16.3. The fourth-order valence-corrected chi connectivity index (χ4v) is 3.72. The third-order valence-electron chi connectivity index (χ3n) is 5.39. The minimum atomic E-state index is -0.0571. The highest BCUT2D eigenvalue weighted by molar-refractivity contribution is 5.94. The Hall–Kier alpha value is -2.82. The predicted molar refractivity (Wildman–Crippen MR) is 110 cm³/mol. The van der Waals surface area contributed by atoms with E-state index in [1.54, 1.807) is 7.11 Å². The van der Waals surface area contributed by atoms with Crippen molar-refractivity contribution in [1.29, 1.82) is 0 Å². The molecule has 1 aliphatic rings. The van der Waals surface area contributed by atoms with Crippen molar-refractivity contribution in [3.8, 4) is 5.75 Å². The second kappa shape index (κ2) is 9.93. The van der Waals surface area contributed by atoms with Gasteiger partial charge in [-0.05, 0) is 49.8 Å². The van der Waals surface area contributed by atoms with Gasteiger partial charge in [0.1, 0.15) is 5.75 Å². The summed E-state index contributed by atoms with van der Waals surface area (Å²) in [5.74, 6) is 0.721. The third-order valence-corrected chi connectivity index (χ3v) is 5.39. The molecule has 28 heavy (non-hydrogen) atoms. The van der Waals surface area contributed by atoms with Crippen molar-refractivity contribution in [2.75, 3.05) is 19.0 Å². The Morgan fingerprint density at radius 1 is 0.893 bits per heavy atom. The van der Waals surface area contributed by atoms with Crippen LogP contribution in [0.25, 0.3) is 0 Å². The summed E-state index contributed by atoms with van der Waals surface area (Å²) in [5, 5.41) is 6.01. The fourth-order valence-electron chi connectivity index (χ4n) is 3.72. The molecule has 2 N–H and O–H groups in total. The highest BCUT2D eigenvalue weighted by Gasteiger charge is 2.30. The van der Waals surface area contributed by atoms with Gasteiger partial charge >= 0.3 is 0 Å². The minimum Gasteiger partial charge on any atom is -0.495 e. The van der Waals surface area contributed by atoms with Gasteiger partial charge in [-0.25, -0.2) is 0 Å². The summed E-state index contributed by atoms with van der Waals surface area (Å²) in [7, 11) is 1.59. The first-order chi connectivity index (χ1) is 13.7. The largest absolute Gasteiger partial charge is 0.495 e. The lowest BCUT2D eigenvalue weighted by Gasteiger charge is -2.27. The lowest BCUT2D eigenvalue weighted by atomic mass is 9.81. The molecule has 0 aromatic heterocycles. The number of nitrogens with one attached hydrogen (secondary N) is 2. The van der Waals surface area contributed by atoms with Crippen molar-refractivity contribution in [3.63, 3.8) is 0 Å². The van der Waals surface area contributed by atoms with Crippen LogP contribution in [0.2, 0.25) is 0 Å². The van der Waals surface area contributed by atoms with Gasteiger partial charge in [0.15, 0.2) is 0 Å².